The van der Waals surface area contributed by atoms with Gasteiger partial charge in [-0.1, -0.05) is 24.1 Å². The van der Waals surface area contributed by atoms with E-state index in [1.165, 1.54) is 12.3 Å². The zero-order valence-corrected chi connectivity index (χ0v) is 11.9. The van der Waals surface area contributed by atoms with E-state index in [-0.39, 0.29) is 10.8 Å². The Morgan fingerprint density at radius 1 is 1.33 bits per heavy atom. The highest BCUT2D eigenvalue weighted by molar-refractivity contribution is 7.90. The van der Waals surface area contributed by atoms with Gasteiger partial charge in [0.05, 0.1) is 11.5 Å². The number of rotatable bonds is 2. The number of sulfone groups is 1. The van der Waals surface area contributed by atoms with Crippen LogP contribution in [0, 0.1) is 0 Å². The van der Waals surface area contributed by atoms with Gasteiger partial charge >= 0.3 is 0 Å². The van der Waals surface area contributed by atoms with E-state index in [4.69, 9.17) is 16.3 Å². The number of ether oxygens (including phenoxy) is 1. The van der Waals surface area contributed by atoms with Crippen LogP contribution in [0.1, 0.15) is 30.7 Å². The summed E-state index contributed by atoms with van der Waals surface area (Å²) in [7, 11) is -3.20. The van der Waals surface area contributed by atoms with E-state index in [0.29, 0.717) is 11.6 Å². The molecule has 0 aromatic heterocycles. The minimum absolute atomic E-state index is 0.269. The third-order valence-corrected chi connectivity index (χ3v) is 4.69. The molecule has 5 heteroatoms. The maximum atomic E-state index is 11.4. The predicted octanol–water partition coefficient (Wildman–Crippen LogP) is 3.03. The Balaban J connectivity index is 2.29. The number of hydrogen-bond acceptors (Lipinski definition) is 3. The van der Waals surface area contributed by atoms with Crippen molar-refractivity contribution in [2.24, 2.45) is 0 Å². The van der Waals surface area contributed by atoms with E-state index in [2.05, 4.69) is 0 Å². The summed E-state index contributed by atoms with van der Waals surface area (Å²) in [6.45, 7) is 1.47. The van der Waals surface area contributed by atoms with Crippen LogP contribution in [0.5, 0.6) is 0 Å². The van der Waals surface area contributed by atoms with Crippen molar-refractivity contribution in [3.63, 3.8) is 0 Å². The van der Waals surface area contributed by atoms with Gasteiger partial charge in [0.25, 0.3) is 0 Å². The third kappa shape index (κ3) is 3.25. The molecule has 1 heterocycles. The molecule has 100 valence electrons. The lowest BCUT2D eigenvalue weighted by Gasteiger charge is -2.16. The SMILES string of the molecule is CS(=O)(=O)c1ccc(C2CCCCOC2)c(Cl)c1. The van der Waals surface area contributed by atoms with E-state index >= 15 is 0 Å². The molecule has 1 aliphatic heterocycles. The molecule has 1 saturated heterocycles. The van der Waals surface area contributed by atoms with Gasteiger partial charge in [-0.3, -0.25) is 0 Å². The average Bonchev–Trinajstić information content (AvgIpc) is 2.56. The molecule has 1 aromatic rings. The molecule has 1 aliphatic rings. The number of hydrogen-bond donors (Lipinski definition) is 0. The summed E-state index contributed by atoms with van der Waals surface area (Å²) in [5.74, 6) is 0.272. The second-order valence-corrected chi connectivity index (χ2v) is 7.15. The fourth-order valence-corrected chi connectivity index (χ4v) is 3.27. The first-order chi connectivity index (χ1) is 8.48. The maximum absolute atomic E-state index is 11.4. The Bertz CT molecular complexity index is 517. The molecule has 1 atom stereocenters. The standard InChI is InChI=1S/C13H17ClO3S/c1-18(15,16)11-5-6-12(13(14)8-11)10-4-2-3-7-17-9-10/h5-6,8,10H,2-4,7,9H2,1H3. The molecule has 0 N–H and O–H groups in total. The van der Waals surface area contributed by atoms with Crippen LogP contribution in [-0.2, 0) is 14.6 Å². The maximum Gasteiger partial charge on any atom is 0.175 e. The Morgan fingerprint density at radius 2 is 2.11 bits per heavy atom. The molecule has 0 spiro atoms. The van der Waals surface area contributed by atoms with Crippen LogP contribution >= 0.6 is 11.6 Å². The van der Waals surface area contributed by atoms with Gasteiger partial charge in [-0.05, 0) is 30.5 Å². The summed E-state index contributed by atoms with van der Waals surface area (Å²) in [6, 6.07) is 4.98. The molecule has 1 unspecified atom stereocenters. The predicted molar refractivity (Wildman–Crippen MR) is 72.0 cm³/mol. The highest BCUT2D eigenvalue weighted by atomic mass is 35.5. The molecule has 0 radical (unpaired) electrons. The fourth-order valence-electron chi connectivity index (χ4n) is 2.22. The van der Waals surface area contributed by atoms with Crippen LogP contribution in [0.25, 0.3) is 0 Å². The van der Waals surface area contributed by atoms with Crippen LogP contribution in [-0.4, -0.2) is 27.9 Å². The molecule has 0 amide bonds. The van der Waals surface area contributed by atoms with Crippen molar-refractivity contribution < 1.29 is 13.2 Å². The van der Waals surface area contributed by atoms with Gasteiger partial charge in [-0.15, -0.1) is 0 Å². The van der Waals surface area contributed by atoms with E-state index in [9.17, 15) is 8.42 Å². The smallest absolute Gasteiger partial charge is 0.175 e. The molecule has 0 aliphatic carbocycles. The zero-order valence-electron chi connectivity index (χ0n) is 10.4. The van der Waals surface area contributed by atoms with Crippen molar-refractivity contribution >= 4 is 21.4 Å². The average molecular weight is 289 g/mol. The largest absolute Gasteiger partial charge is 0.381 e. The van der Waals surface area contributed by atoms with Crippen molar-refractivity contribution in [1.82, 2.24) is 0 Å². The highest BCUT2D eigenvalue weighted by Gasteiger charge is 2.19. The molecular weight excluding hydrogens is 272 g/mol. The topological polar surface area (TPSA) is 43.4 Å². The third-order valence-electron chi connectivity index (χ3n) is 3.25. The molecule has 0 saturated carbocycles. The quantitative estimate of drug-likeness (QED) is 0.840. The summed E-state index contributed by atoms with van der Waals surface area (Å²) in [4.78, 5) is 0.269. The molecule has 2 rings (SSSR count). The molecule has 1 aromatic carbocycles. The van der Waals surface area contributed by atoms with E-state index in [1.54, 1.807) is 6.07 Å². The molecule has 1 fully saturated rings. The molecular formula is C13H17ClO3S. The molecule has 18 heavy (non-hydrogen) atoms. The fraction of sp³-hybridized carbons (Fsp3) is 0.538. The minimum Gasteiger partial charge on any atom is -0.381 e. The first kappa shape index (κ1) is 13.8. The van der Waals surface area contributed by atoms with E-state index in [1.807, 2.05) is 6.07 Å². The van der Waals surface area contributed by atoms with Crippen molar-refractivity contribution in [2.75, 3.05) is 19.5 Å². The Labute approximate surface area is 113 Å². The first-order valence-corrected chi connectivity index (χ1v) is 8.32. The summed E-state index contributed by atoms with van der Waals surface area (Å²) in [6.07, 6.45) is 4.43. The lowest BCUT2D eigenvalue weighted by molar-refractivity contribution is 0.134. The minimum atomic E-state index is -3.20. The Kier molecular flexibility index (Phi) is 4.30. The normalized spacial score (nSPS) is 21.6. The van der Waals surface area contributed by atoms with Crippen LogP contribution < -0.4 is 0 Å². The first-order valence-electron chi connectivity index (χ1n) is 6.06. The lowest BCUT2D eigenvalue weighted by atomic mass is 9.95. The van der Waals surface area contributed by atoms with Crippen molar-refractivity contribution in [2.45, 2.75) is 30.1 Å². The van der Waals surface area contributed by atoms with Gasteiger partial charge in [0.1, 0.15) is 0 Å². The van der Waals surface area contributed by atoms with Crippen LogP contribution in [0.2, 0.25) is 5.02 Å². The van der Waals surface area contributed by atoms with Crippen molar-refractivity contribution in [3.8, 4) is 0 Å². The number of benzene rings is 1. The lowest BCUT2D eigenvalue weighted by Crippen LogP contribution is -2.07. The van der Waals surface area contributed by atoms with Crippen molar-refractivity contribution in [3.05, 3.63) is 28.8 Å². The van der Waals surface area contributed by atoms with Crippen LogP contribution in [0.3, 0.4) is 0 Å². The summed E-state index contributed by atoms with van der Waals surface area (Å²) >= 11 is 6.20. The van der Waals surface area contributed by atoms with Crippen LogP contribution in [0.4, 0.5) is 0 Å². The summed E-state index contributed by atoms with van der Waals surface area (Å²) < 4.78 is 28.4. The summed E-state index contributed by atoms with van der Waals surface area (Å²) in [5, 5.41) is 0.522. The highest BCUT2D eigenvalue weighted by Crippen LogP contribution is 2.32. The van der Waals surface area contributed by atoms with Gasteiger partial charge in [-0.25, -0.2) is 8.42 Å². The van der Waals surface area contributed by atoms with E-state index in [0.717, 1.165) is 31.4 Å². The van der Waals surface area contributed by atoms with Gasteiger partial charge in [-0.2, -0.15) is 0 Å². The molecule has 0 bridgehead atoms. The van der Waals surface area contributed by atoms with Gasteiger partial charge in [0.2, 0.25) is 0 Å². The Hall–Kier alpha value is -0.580. The molecule has 3 nitrogen and oxygen atoms in total. The van der Waals surface area contributed by atoms with Crippen molar-refractivity contribution in [1.29, 1.82) is 0 Å². The van der Waals surface area contributed by atoms with Gasteiger partial charge < -0.3 is 4.74 Å². The Morgan fingerprint density at radius 3 is 2.78 bits per heavy atom. The second kappa shape index (κ2) is 5.59. The monoisotopic (exact) mass is 288 g/mol. The second-order valence-electron chi connectivity index (χ2n) is 4.72. The zero-order chi connectivity index (χ0) is 13.2. The van der Waals surface area contributed by atoms with E-state index < -0.39 is 9.84 Å². The van der Waals surface area contributed by atoms with Gasteiger partial charge in [0.15, 0.2) is 9.84 Å². The van der Waals surface area contributed by atoms with Gasteiger partial charge in [0, 0.05) is 23.8 Å². The van der Waals surface area contributed by atoms with Crippen LogP contribution in [0.15, 0.2) is 23.1 Å². The summed E-state index contributed by atoms with van der Waals surface area (Å²) in [5.41, 5.74) is 0.992. The number of halogens is 1.